The molecule has 0 N–H and O–H groups in total. The first-order valence-corrected chi connectivity index (χ1v) is 5.45. The van der Waals surface area contributed by atoms with Crippen LogP contribution in [-0.2, 0) is 9.78 Å². The summed E-state index contributed by atoms with van der Waals surface area (Å²) >= 11 is 0. The number of hydrogen-bond donors (Lipinski definition) is 0. The molecule has 0 aromatic heterocycles. The molecule has 1 aliphatic carbocycles. The van der Waals surface area contributed by atoms with Crippen LogP contribution in [0.1, 0.15) is 52.9 Å². The summed E-state index contributed by atoms with van der Waals surface area (Å²) in [4.78, 5) is 11.0. The van der Waals surface area contributed by atoms with Gasteiger partial charge >= 0.3 is 0 Å². The second-order valence-corrected chi connectivity index (χ2v) is 5.16. The van der Waals surface area contributed by atoms with Gasteiger partial charge in [-0.2, -0.15) is 0 Å². The third-order valence-electron chi connectivity index (χ3n) is 2.50. The molecule has 0 radical (unpaired) electrons. The molecule has 1 aliphatic rings. The highest BCUT2D eigenvalue weighted by molar-refractivity contribution is 4.91. The first kappa shape index (κ1) is 11.7. The average Bonchev–Trinajstić information content (AvgIpc) is 2.50. The highest BCUT2D eigenvalue weighted by atomic mass is 17.2. The molecule has 0 saturated heterocycles. The average molecular weight is 198 g/mol. The SMILES string of the molecule is C=CCC1(OOC(C)(C)C)CCCC1. The molecule has 0 atom stereocenters. The van der Waals surface area contributed by atoms with Crippen LogP contribution in [0.3, 0.4) is 0 Å². The summed E-state index contributed by atoms with van der Waals surface area (Å²) in [5, 5.41) is 0. The summed E-state index contributed by atoms with van der Waals surface area (Å²) in [6.07, 6.45) is 7.48. The monoisotopic (exact) mass is 198 g/mol. The maximum atomic E-state index is 5.62. The van der Waals surface area contributed by atoms with Gasteiger partial charge in [0, 0.05) is 0 Å². The topological polar surface area (TPSA) is 18.5 Å². The second kappa shape index (κ2) is 4.45. The molecule has 0 aromatic carbocycles. The fraction of sp³-hybridized carbons (Fsp3) is 0.833. The molecule has 2 nitrogen and oxygen atoms in total. The van der Waals surface area contributed by atoms with Gasteiger partial charge in [-0.05, 0) is 40.0 Å². The van der Waals surface area contributed by atoms with E-state index in [0.29, 0.717) is 0 Å². The van der Waals surface area contributed by atoms with Crippen LogP contribution >= 0.6 is 0 Å². The Morgan fingerprint density at radius 1 is 1.29 bits per heavy atom. The van der Waals surface area contributed by atoms with Crippen molar-refractivity contribution in [3.63, 3.8) is 0 Å². The molecule has 0 amide bonds. The van der Waals surface area contributed by atoms with Crippen LogP contribution in [0.25, 0.3) is 0 Å². The Kier molecular flexibility index (Phi) is 3.73. The van der Waals surface area contributed by atoms with Crippen LogP contribution < -0.4 is 0 Å². The lowest BCUT2D eigenvalue weighted by atomic mass is 9.98. The third-order valence-corrected chi connectivity index (χ3v) is 2.50. The molecule has 2 heteroatoms. The van der Waals surface area contributed by atoms with Gasteiger partial charge in [0.05, 0.1) is 5.60 Å². The van der Waals surface area contributed by atoms with Crippen LogP contribution in [0.2, 0.25) is 0 Å². The minimum atomic E-state index is -0.225. The Balaban J connectivity index is 2.47. The first-order valence-electron chi connectivity index (χ1n) is 5.45. The van der Waals surface area contributed by atoms with E-state index in [0.717, 1.165) is 19.3 Å². The van der Waals surface area contributed by atoms with E-state index in [1.807, 2.05) is 26.8 Å². The van der Waals surface area contributed by atoms with Crippen molar-refractivity contribution >= 4 is 0 Å². The van der Waals surface area contributed by atoms with Gasteiger partial charge in [0.15, 0.2) is 0 Å². The lowest BCUT2D eigenvalue weighted by Crippen LogP contribution is -2.33. The van der Waals surface area contributed by atoms with E-state index in [1.165, 1.54) is 12.8 Å². The van der Waals surface area contributed by atoms with E-state index in [-0.39, 0.29) is 11.2 Å². The third kappa shape index (κ3) is 3.43. The molecule has 1 saturated carbocycles. The molecule has 1 rings (SSSR count). The molecule has 0 aromatic rings. The summed E-state index contributed by atoms with van der Waals surface area (Å²) in [6.45, 7) is 9.79. The molecular formula is C12H22O2. The van der Waals surface area contributed by atoms with Crippen molar-refractivity contribution in [3.8, 4) is 0 Å². The second-order valence-electron chi connectivity index (χ2n) is 5.16. The van der Waals surface area contributed by atoms with Gasteiger partial charge in [0.2, 0.25) is 0 Å². The first-order chi connectivity index (χ1) is 6.47. The van der Waals surface area contributed by atoms with Crippen LogP contribution in [0.15, 0.2) is 12.7 Å². The highest BCUT2D eigenvalue weighted by Crippen LogP contribution is 2.37. The molecular weight excluding hydrogens is 176 g/mol. The molecule has 82 valence electrons. The summed E-state index contributed by atoms with van der Waals surface area (Å²) < 4.78 is 0. The van der Waals surface area contributed by atoms with E-state index < -0.39 is 0 Å². The van der Waals surface area contributed by atoms with Gasteiger partial charge in [0.25, 0.3) is 0 Å². The van der Waals surface area contributed by atoms with Gasteiger partial charge in [-0.25, -0.2) is 9.78 Å². The summed E-state index contributed by atoms with van der Waals surface area (Å²) in [7, 11) is 0. The molecule has 0 bridgehead atoms. The molecule has 0 unspecified atom stereocenters. The predicted octanol–water partition coefficient (Wildman–Crippen LogP) is 3.62. The fourth-order valence-electron chi connectivity index (χ4n) is 1.82. The molecule has 1 fully saturated rings. The summed E-state index contributed by atoms with van der Waals surface area (Å²) in [6, 6.07) is 0. The Bertz CT molecular complexity index is 185. The maximum absolute atomic E-state index is 5.62. The van der Waals surface area contributed by atoms with Gasteiger partial charge in [-0.1, -0.05) is 18.9 Å². The largest absolute Gasteiger partial charge is 0.230 e. The van der Waals surface area contributed by atoms with Crippen molar-refractivity contribution in [2.75, 3.05) is 0 Å². The zero-order valence-corrected chi connectivity index (χ0v) is 9.64. The quantitative estimate of drug-likeness (QED) is 0.390. The zero-order chi connectivity index (χ0) is 10.7. The van der Waals surface area contributed by atoms with Crippen LogP contribution in [0.4, 0.5) is 0 Å². The maximum Gasteiger partial charge on any atom is 0.107 e. The molecule has 14 heavy (non-hydrogen) atoms. The highest BCUT2D eigenvalue weighted by Gasteiger charge is 2.36. The van der Waals surface area contributed by atoms with Crippen molar-refractivity contribution in [1.82, 2.24) is 0 Å². The number of hydrogen-bond acceptors (Lipinski definition) is 2. The Morgan fingerprint density at radius 2 is 1.86 bits per heavy atom. The van der Waals surface area contributed by atoms with E-state index in [4.69, 9.17) is 9.78 Å². The van der Waals surface area contributed by atoms with Crippen LogP contribution in [0.5, 0.6) is 0 Å². The van der Waals surface area contributed by atoms with Gasteiger partial charge in [-0.15, -0.1) is 6.58 Å². The Hall–Kier alpha value is -0.340. The van der Waals surface area contributed by atoms with Crippen molar-refractivity contribution in [3.05, 3.63) is 12.7 Å². The normalized spacial score (nSPS) is 21.1. The summed E-state index contributed by atoms with van der Waals surface area (Å²) in [5.41, 5.74) is -0.314. The van der Waals surface area contributed by atoms with Crippen molar-refractivity contribution in [1.29, 1.82) is 0 Å². The zero-order valence-electron chi connectivity index (χ0n) is 9.64. The van der Waals surface area contributed by atoms with Crippen molar-refractivity contribution in [2.24, 2.45) is 0 Å². The molecule has 0 heterocycles. The minimum absolute atomic E-state index is 0.0883. The van der Waals surface area contributed by atoms with Crippen LogP contribution in [-0.4, -0.2) is 11.2 Å². The fourth-order valence-corrected chi connectivity index (χ4v) is 1.82. The smallest absolute Gasteiger partial charge is 0.107 e. The van der Waals surface area contributed by atoms with E-state index in [9.17, 15) is 0 Å². The molecule has 0 spiro atoms. The number of rotatable bonds is 4. The minimum Gasteiger partial charge on any atom is -0.230 e. The predicted molar refractivity (Wildman–Crippen MR) is 57.9 cm³/mol. The molecule has 0 aliphatic heterocycles. The van der Waals surface area contributed by atoms with E-state index >= 15 is 0 Å². The van der Waals surface area contributed by atoms with Crippen molar-refractivity contribution < 1.29 is 9.78 Å². The lowest BCUT2D eigenvalue weighted by Gasteiger charge is -2.30. The van der Waals surface area contributed by atoms with E-state index in [1.54, 1.807) is 0 Å². The van der Waals surface area contributed by atoms with Crippen molar-refractivity contribution in [2.45, 2.75) is 64.1 Å². The lowest BCUT2D eigenvalue weighted by molar-refractivity contribution is -0.402. The summed E-state index contributed by atoms with van der Waals surface area (Å²) in [5.74, 6) is 0. The van der Waals surface area contributed by atoms with Gasteiger partial charge in [-0.3, -0.25) is 0 Å². The van der Waals surface area contributed by atoms with Crippen LogP contribution in [0, 0.1) is 0 Å². The van der Waals surface area contributed by atoms with E-state index in [2.05, 4.69) is 6.58 Å². The standard InChI is InChI=1S/C12H22O2/c1-5-8-12(9-6-7-10-12)14-13-11(2,3)4/h5H,1,6-10H2,2-4H3. The Labute approximate surface area is 87.2 Å². The van der Waals surface area contributed by atoms with Gasteiger partial charge in [0.1, 0.15) is 5.60 Å². The Morgan fingerprint density at radius 3 is 2.29 bits per heavy atom. The van der Waals surface area contributed by atoms with Gasteiger partial charge < -0.3 is 0 Å².